The van der Waals surface area contributed by atoms with Gasteiger partial charge in [0.25, 0.3) is 0 Å². The predicted octanol–water partition coefficient (Wildman–Crippen LogP) is 3.44. The number of carbonyl (C=O) groups excluding carboxylic acids is 2. The zero-order valence-corrected chi connectivity index (χ0v) is 16.6. The first-order valence-corrected chi connectivity index (χ1v) is 9.51. The molecule has 0 aliphatic heterocycles. The molecule has 30 heavy (non-hydrogen) atoms. The number of ether oxygens (including phenoxy) is 2. The van der Waals surface area contributed by atoms with Gasteiger partial charge in [0.15, 0.2) is 0 Å². The number of esters is 1. The topological polar surface area (TPSA) is 93.1 Å². The fourth-order valence-electron chi connectivity index (χ4n) is 3.60. The van der Waals surface area contributed by atoms with Crippen molar-refractivity contribution in [1.29, 1.82) is 0 Å². The number of hydrogen-bond acceptors (Lipinski definition) is 5. The number of likely N-dealkylation sites (N-methyl/N-ethyl adjacent to an activating group) is 1. The summed E-state index contributed by atoms with van der Waals surface area (Å²) in [6.07, 6.45) is -0.0154. The summed E-state index contributed by atoms with van der Waals surface area (Å²) in [4.78, 5) is 36.9. The third kappa shape index (κ3) is 4.35. The summed E-state index contributed by atoms with van der Waals surface area (Å²) in [5.41, 5.74) is 4.31. The van der Waals surface area contributed by atoms with Crippen LogP contribution >= 0.6 is 0 Å². The van der Waals surface area contributed by atoms with Gasteiger partial charge in [0.05, 0.1) is 6.42 Å². The van der Waals surface area contributed by atoms with E-state index < -0.39 is 30.5 Å². The minimum atomic E-state index is -1.29. The van der Waals surface area contributed by atoms with Crippen LogP contribution in [0.2, 0.25) is 0 Å². The van der Waals surface area contributed by atoms with Crippen molar-refractivity contribution in [1.82, 2.24) is 4.90 Å². The number of aliphatic carboxylic acids is 1. The molecule has 1 amide bonds. The average molecular weight is 409 g/mol. The number of carboxylic acids is 1. The lowest BCUT2D eigenvalue weighted by molar-refractivity contribution is -0.152. The van der Waals surface area contributed by atoms with Crippen molar-refractivity contribution in [3.8, 4) is 11.1 Å². The molecular formula is C23H23NO6. The molecule has 1 atom stereocenters. The number of nitrogens with zero attached hydrogens (tertiary/aromatic N) is 1. The summed E-state index contributed by atoms with van der Waals surface area (Å²) in [5.74, 6) is -2.19. The van der Waals surface area contributed by atoms with Crippen LogP contribution in [0.25, 0.3) is 11.1 Å². The predicted molar refractivity (Wildman–Crippen MR) is 110 cm³/mol. The van der Waals surface area contributed by atoms with Crippen molar-refractivity contribution >= 4 is 18.0 Å². The maximum absolute atomic E-state index is 12.6. The zero-order valence-electron chi connectivity index (χ0n) is 16.6. The van der Waals surface area contributed by atoms with Crippen LogP contribution in [0, 0.1) is 0 Å². The van der Waals surface area contributed by atoms with Gasteiger partial charge in [-0.15, -0.1) is 0 Å². The lowest BCUT2D eigenvalue weighted by atomic mass is 9.98. The van der Waals surface area contributed by atoms with E-state index in [0.717, 1.165) is 27.2 Å². The van der Waals surface area contributed by atoms with E-state index in [1.54, 1.807) is 0 Å². The summed E-state index contributed by atoms with van der Waals surface area (Å²) in [6, 6.07) is 14.6. The van der Waals surface area contributed by atoms with Gasteiger partial charge in [-0.2, -0.15) is 0 Å². The van der Waals surface area contributed by atoms with Gasteiger partial charge >= 0.3 is 18.0 Å². The molecule has 2 aromatic rings. The van der Waals surface area contributed by atoms with Crippen molar-refractivity contribution < 1.29 is 29.0 Å². The van der Waals surface area contributed by atoms with Crippen molar-refractivity contribution in [2.75, 3.05) is 20.3 Å². The minimum absolute atomic E-state index is 0.0682. The maximum Gasteiger partial charge on any atom is 0.410 e. The molecule has 7 heteroatoms. The Morgan fingerprint density at radius 3 is 2.17 bits per heavy atom. The lowest BCUT2D eigenvalue weighted by Crippen LogP contribution is -2.45. The highest BCUT2D eigenvalue weighted by Crippen LogP contribution is 2.44. The Labute approximate surface area is 174 Å². The Morgan fingerprint density at radius 1 is 1.07 bits per heavy atom. The number of benzene rings is 2. The molecule has 0 spiro atoms. The van der Waals surface area contributed by atoms with Crippen LogP contribution in [0.5, 0.6) is 0 Å². The van der Waals surface area contributed by atoms with Gasteiger partial charge in [-0.05, 0) is 22.3 Å². The van der Waals surface area contributed by atoms with Gasteiger partial charge in [0.2, 0.25) is 0 Å². The second kappa shape index (κ2) is 9.26. The van der Waals surface area contributed by atoms with Gasteiger partial charge in [0, 0.05) is 13.0 Å². The minimum Gasteiger partial charge on any atom is -0.481 e. The first-order valence-electron chi connectivity index (χ1n) is 9.51. The number of carboxylic acid groups (broad SMARTS) is 1. The zero-order chi connectivity index (χ0) is 21.7. The molecule has 1 aliphatic carbocycles. The molecule has 0 saturated carbocycles. The smallest absolute Gasteiger partial charge is 0.410 e. The van der Waals surface area contributed by atoms with E-state index >= 15 is 0 Å². The molecule has 0 unspecified atom stereocenters. The van der Waals surface area contributed by atoms with Gasteiger partial charge < -0.3 is 14.6 Å². The second-order valence-corrected chi connectivity index (χ2v) is 6.95. The maximum atomic E-state index is 12.6. The molecule has 1 N–H and O–H groups in total. The molecule has 3 rings (SSSR count). The number of fused-ring (bicyclic) bond motifs is 3. The average Bonchev–Trinajstić information content (AvgIpc) is 3.07. The van der Waals surface area contributed by atoms with Gasteiger partial charge in [0.1, 0.15) is 19.3 Å². The first-order chi connectivity index (χ1) is 14.4. The van der Waals surface area contributed by atoms with Crippen molar-refractivity contribution in [2.45, 2.75) is 18.4 Å². The van der Waals surface area contributed by atoms with Gasteiger partial charge in [-0.3, -0.25) is 9.69 Å². The molecule has 0 saturated heterocycles. The number of rotatable bonds is 8. The Morgan fingerprint density at radius 2 is 1.63 bits per heavy atom. The Hall–Kier alpha value is -3.61. The van der Waals surface area contributed by atoms with E-state index in [4.69, 9.17) is 14.6 Å². The Balaban J connectivity index is 1.73. The summed E-state index contributed by atoms with van der Waals surface area (Å²) >= 11 is 0. The molecule has 1 aliphatic rings. The van der Waals surface area contributed by atoms with E-state index in [-0.39, 0.29) is 19.1 Å². The molecule has 0 fully saturated rings. The summed E-state index contributed by atoms with van der Waals surface area (Å²) < 4.78 is 10.4. The van der Waals surface area contributed by atoms with Crippen LogP contribution in [0.3, 0.4) is 0 Å². The first kappa shape index (κ1) is 21.1. The molecule has 0 aromatic heterocycles. The molecular weight excluding hydrogens is 386 g/mol. The van der Waals surface area contributed by atoms with Crippen LogP contribution in [0.1, 0.15) is 23.5 Å². The fourth-order valence-corrected chi connectivity index (χ4v) is 3.60. The van der Waals surface area contributed by atoms with Crippen molar-refractivity contribution in [3.63, 3.8) is 0 Å². The van der Waals surface area contributed by atoms with Crippen molar-refractivity contribution in [3.05, 3.63) is 72.3 Å². The number of hydrogen-bond donors (Lipinski definition) is 1. The van der Waals surface area contributed by atoms with Crippen LogP contribution in [-0.4, -0.2) is 54.3 Å². The largest absolute Gasteiger partial charge is 0.481 e. The van der Waals surface area contributed by atoms with Crippen LogP contribution in [0.15, 0.2) is 61.2 Å². The standard InChI is InChI=1S/C23H23NO6/c1-3-12-29-22(27)20(13-21(25)26)24(2)23(28)30-14-19-17-10-6-4-8-15(17)16-9-5-7-11-18(16)19/h3-11,19-20H,1,12-14H2,2H3,(H,25,26)/t20-/m0/s1. The van der Waals surface area contributed by atoms with Crippen LogP contribution < -0.4 is 0 Å². The SMILES string of the molecule is C=CCOC(=O)[C@H](CC(=O)O)N(C)C(=O)OCC1c2ccccc2-c2ccccc21. The third-order valence-electron chi connectivity index (χ3n) is 5.08. The van der Waals surface area contributed by atoms with Gasteiger partial charge in [-0.25, -0.2) is 9.59 Å². The van der Waals surface area contributed by atoms with E-state index in [1.807, 2.05) is 48.5 Å². The summed E-state index contributed by atoms with van der Waals surface area (Å²) in [7, 11) is 1.32. The second-order valence-electron chi connectivity index (χ2n) is 6.95. The molecule has 0 heterocycles. The number of carbonyl (C=O) groups is 3. The highest BCUT2D eigenvalue weighted by molar-refractivity contribution is 5.86. The Kier molecular flexibility index (Phi) is 6.51. The summed E-state index contributed by atoms with van der Waals surface area (Å²) in [5, 5.41) is 9.10. The molecule has 7 nitrogen and oxygen atoms in total. The lowest BCUT2D eigenvalue weighted by Gasteiger charge is -2.25. The monoisotopic (exact) mass is 409 g/mol. The Bertz CT molecular complexity index is 924. The molecule has 2 aromatic carbocycles. The highest BCUT2D eigenvalue weighted by Gasteiger charge is 2.33. The molecule has 0 bridgehead atoms. The molecule has 0 radical (unpaired) electrons. The summed E-state index contributed by atoms with van der Waals surface area (Å²) in [6.45, 7) is 3.44. The normalized spacial score (nSPS) is 13.0. The van der Waals surface area contributed by atoms with E-state index in [9.17, 15) is 14.4 Å². The quantitative estimate of drug-likeness (QED) is 0.530. The van der Waals surface area contributed by atoms with E-state index in [2.05, 4.69) is 6.58 Å². The highest BCUT2D eigenvalue weighted by atomic mass is 16.6. The fraction of sp³-hybridized carbons (Fsp3) is 0.261. The van der Waals surface area contributed by atoms with Gasteiger partial charge in [-0.1, -0.05) is 61.2 Å². The van der Waals surface area contributed by atoms with E-state index in [0.29, 0.717) is 0 Å². The molecule has 156 valence electrons. The van der Waals surface area contributed by atoms with E-state index in [1.165, 1.54) is 13.1 Å². The third-order valence-corrected chi connectivity index (χ3v) is 5.08. The number of amides is 1. The van der Waals surface area contributed by atoms with Crippen LogP contribution in [-0.2, 0) is 19.1 Å². The van der Waals surface area contributed by atoms with Crippen LogP contribution in [0.4, 0.5) is 4.79 Å². The van der Waals surface area contributed by atoms with Crippen molar-refractivity contribution in [2.24, 2.45) is 0 Å².